The maximum Gasteiger partial charge on any atom is 0.187 e. The highest BCUT2D eigenvalue weighted by Crippen LogP contribution is 2.29. The van der Waals surface area contributed by atoms with Crippen molar-refractivity contribution in [1.82, 2.24) is 0 Å². The molecule has 0 radical (unpaired) electrons. The molecule has 9 atom stereocenters. The van der Waals surface area contributed by atoms with Crippen molar-refractivity contribution >= 4 is 0 Å². The van der Waals surface area contributed by atoms with Crippen LogP contribution < -0.4 is 0 Å². The molecule has 8 N–H and O–H groups in total. The molecular weight excluding hydrogens is 304 g/mol. The highest BCUT2D eigenvalue weighted by Gasteiger charge is 2.52. The van der Waals surface area contributed by atoms with E-state index < -0.39 is 67.3 Å². The Morgan fingerprint density at radius 3 is 1.50 bits per heavy atom. The highest BCUT2D eigenvalue weighted by molar-refractivity contribution is 5.00. The van der Waals surface area contributed by atoms with E-state index in [0.29, 0.717) is 0 Å². The van der Waals surface area contributed by atoms with E-state index in [1.807, 2.05) is 0 Å². The first-order chi connectivity index (χ1) is 10.2. The molecule has 1 aliphatic heterocycles. The van der Waals surface area contributed by atoms with Gasteiger partial charge in [0.1, 0.15) is 54.9 Å². The van der Waals surface area contributed by atoms with E-state index in [9.17, 15) is 40.9 Å². The largest absolute Gasteiger partial charge is 0.388 e. The first-order valence-corrected chi connectivity index (χ1v) is 6.92. The van der Waals surface area contributed by atoms with Crippen molar-refractivity contribution in [3.8, 4) is 0 Å². The van der Waals surface area contributed by atoms with Gasteiger partial charge in [-0.2, -0.15) is 0 Å². The van der Waals surface area contributed by atoms with E-state index in [2.05, 4.69) is 0 Å². The topological polar surface area (TPSA) is 180 Å². The minimum absolute atomic E-state index is 0.901. The number of hydrogen-bond donors (Lipinski definition) is 8. The monoisotopic (exact) mass is 326 g/mol. The Morgan fingerprint density at radius 1 is 0.591 bits per heavy atom. The summed E-state index contributed by atoms with van der Waals surface area (Å²) in [6, 6.07) is 0. The van der Waals surface area contributed by atoms with Gasteiger partial charge < -0.3 is 50.3 Å². The van der Waals surface area contributed by atoms with Crippen LogP contribution in [0.2, 0.25) is 0 Å². The van der Waals surface area contributed by atoms with Crippen LogP contribution in [0.3, 0.4) is 0 Å². The standard InChI is InChI=1S/C12H22O10/c1-2-3(13)4(14)10(20)12(21-2)22-11-8(18)6(16)5(15)7(17)9(11)19/h2-20H,1H3/t2?,3-,4?,5?,6?,7?,8?,9?,10?,11?,12-/m0/s1. The number of aliphatic hydroxyl groups excluding tert-OH is 8. The van der Waals surface area contributed by atoms with Crippen LogP contribution in [0.5, 0.6) is 0 Å². The predicted molar refractivity (Wildman–Crippen MR) is 67.3 cm³/mol. The predicted octanol–water partition coefficient (Wildman–Crippen LogP) is -4.98. The van der Waals surface area contributed by atoms with Gasteiger partial charge in [0.15, 0.2) is 6.29 Å². The Bertz CT molecular complexity index is 365. The summed E-state index contributed by atoms with van der Waals surface area (Å²) < 4.78 is 10.3. The van der Waals surface area contributed by atoms with Gasteiger partial charge in [0.25, 0.3) is 0 Å². The van der Waals surface area contributed by atoms with Crippen molar-refractivity contribution in [3.05, 3.63) is 0 Å². The van der Waals surface area contributed by atoms with Gasteiger partial charge in [-0.3, -0.25) is 0 Å². The second kappa shape index (κ2) is 6.61. The average Bonchev–Trinajstić information content (AvgIpc) is 2.50. The van der Waals surface area contributed by atoms with Gasteiger partial charge in [-0.05, 0) is 6.92 Å². The maximum absolute atomic E-state index is 9.84. The number of ether oxygens (including phenoxy) is 2. The first-order valence-electron chi connectivity index (χ1n) is 6.92. The summed E-state index contributed by atoms with van der Waals surface area (Å²) in [7, 11) is 0. The molecule has 0 aromatic rings. The van der Waals surface area contributed by atoms with Crippen molar-refractivity contribution in [1.29, 1.82) is 0 Å². The van der Waals surface area contributed by atoms with Crippen LogP contribution in [0.1, 0.15) is 6.92 Å². The molecule has 0 aromatic carbocycles. The third-order valence-electron chi connectivity index (χ3n) is 4.17. The fourth-order valence-electron chi connectivity index (χ4n) is 2.64. The third kappa shape index (κ3) is 2.99. The van der Waals surface area contributed by atoms with Crippen LogP contribution in [0.15, 0.2) is 0 Å². The zero-order valence-corrected chi connectivity index (χ0v) is 11.7. The summed E-state index contributed by atoms with van der Waals surface area (Å²) in [4.78, 5) is 0. The fourth-order valence-corrected chi connectivity index (χ4v) is 2.64. The Kier molecular flexibility index (Phi) is 5.39. The molecule has 7 unspecified atom stereocenters. The van der Waals surface area contributed by atoms with E-state index in [1.165, 1.54) is 6.92 Å². The van der Waals surface area contributed by atoms with Gasteiger partial charge in [-0.1, -0.05) is 0 Å². The number of hydrogen-bond acceptors (Lipinski definition) is 10. The molecule has 10 heteroatoms. The lowest BCUT2D eigenvalue weighted by Crippen LogP contribution is -2.66. The number of rotatable bonds is 2. The van der Waals surface area contributed by atoms with Crippen molar-refractivity contribution in [3.63, 3.8) is 0 Å². The zero-order valence-electron chi connectivity index (χ0n) is 11.7. The summed E-state index contributed by atoms with van der Waals surface area (Å²) in [6.07, 6.45) is -17.5. The Hall–Kier alpha value is -0.400. The van der Waals surface area contributed by atoms with Gasteiger partial charge in [-0.15, -0.1) is 0 Å². The summed E-state index contributed by atoms with van der Waals surface area (Å²) in [5.74, 6) is 0. The van der Waals surface area contributed by atoms with Gasteiger partial charge in [0, 0.05) is 0 Å². The van der Waals surface area contributed by atoms with Crippen LogP contribution >= 0.6 is 0 Å². The molecule has 1 heterocycles. The molecular formula is C12H22O10. The van der Waals surface area contributed by atoms with E-state index in [1.54, 1.807) is 0 Å². The van der Waals surface area contributed by atoms with Crippen molar-refractivity contribution in [2.45, 2.75) is 74.3 Å². The minimum Gasteiger partial charge on any atom is -0.388 e. The zero-order chi connectivity index (χ0) is 16.8. The second-order valence-electron chi connectivity index (χ2n) is 5.74. The van der Waals surface area contributed by atoms with Crippen LogP contribution in [0.4, 0.5) is 0 Å². The molecule has 2 rings (SSSR count). The lowest BCUT2D eigenvalue weighted by atomic mass is 9.84. The molecule has 130 valence electrons. The van der Waals surface area contributed by atoms with Crippen LogP contribution in [0, 0.1) is 0 Å². The molecule has 0 amide bonds. The third-order valence-corrected chi connectivity index (χ3v) is 4.17. The SMILES string of the molecule is CC1O[C@@H](OC2C(O)C(O)C(O)C(O)C2O)C(O)C(O)[C@H]1O. The van der Waals surface area contributed by atoms with E-state index >= 15 is 0 Å². The minimum atomic E-state index is -1.78. The van der Waals surface area contributed by atoms with Gasteiger partial charge in [0.05, 0.1) is 6.10 Å². The maximum atomic E-state index is 9.84. The average molecular weight is 326 g/mol. The van der Waals surface area contributed by atoms with Crippen LogP contribution in [-0.2, 0) is 9.47 Å². The normalized spacial score (nSPS) is 56.9. The molecule has 1 saturated carbocycles. The molecule has 1 aliphatic carbocycles. The van der Waals surface area contributed by atoms with Crippen molar-refractivity contribution in [2.24, 2.45) is 0 Å². The molecule has 10 nitrogen and oxygen atoms in total. The second-order valence-corrected chi connectivity index (χ2v) is 5.74. The summed E-state index contributed by atoms with van der Waals surface area (Å²) in [6.45, 7) is 1.41. The fraction of sp³-hybridized carbons (Fsp3) is 1.00. The molecule has 0 spiro atoms. The smallest absolute Gasteiger partial charge is 0.187 e. The Labute approximate surface area is 125 Å². The van der Waals surface area contributed by atoms with Gasteiger partial charge >= 0.3 is 0 Å². The summed E-state index contributed by atoms with van der Waals surface area (Å²) >= 11 is 0. The molecule has 22 heavy (non-hydrogen) atoms. The summed E-state index contributed by atoms with van der Waals surface area (Å²) in [5.41, 5.74) is 0. The Balaban J connectivity index is 2.11. The first kappa shape index (κ1) is 17.9. The Morgan fingerprint density at radius 2 is 1.00 bits per heavy atom. The van der Waals surface area contributed by atoms with Crippen LogP contribution in [0.25, 0.3) is 0 Å². The lowest BCUT2D eigenvalue weighted by Gasteiger charge is -2.45. The van der Waals surface area contributed by atoms with E-state index in [4.69, 9.17) is 9.47 Å². The van der Waals surface area contributed by atoms with E-state index in [0.717, 1.165) is 0 Å². The van der Waals surface area contributed by atoms with Gasteiger partial charge in [-0.25, -0.2) is 0 Å². The molecule has 0 bridgehead atoms. The van der Waals surface area contributed by atoms with Crippen molar-refractivity contribution < 1.29 is 50.3 Å². The molecule has 2 fully saturated rings. The molecule has 0 aromatic heterocycles. The molecule has 1 saturated heterocycles. The van der Waals surface area contributed by atoms with Gasteiger partial charge in [0.2, 0.25) is 0 Å². The van der Waals surface area contributed by atoms with Crippen LogP contribution in [-0.4, -0.2) is 108 Å². The number of aliphatic hydroxyl groups is 8. The van der Waals surface area contributed by atoms with E-state index in [-0.39, 0.29) is 0 Å². The van der Waals surface area contributed by atoms with Crippen molar-refractivity contribution in [2.75, 3.05) is 0 Å². The quantitative estimate of drug-likeness (QED) is 0.245. The highest BCUT2D eigenvalue weighted by atomic mass is 16.7. The molecule has 2 aliphatic rings. The lowest BCUT2D eigenvalue weighted by molar-refractivity contribution is -0.334. The summed E-state index contributed by atoms with van der Waals surface area (Å²) in [5, 5.41) is 77.4.